The Morgan fingerprint density at radius 3 is 2.53 bits per heavy atom. The predicted octanol–water partition coefficient (Wildman–Crippen LogP) is 8.42. The summed E-state index contributed by atoms with van der Waals surface area (Å²) < 4.78 is 12.9. The fourth-order valence-electron chi connectivity index (χ4n) is 5.40. The zero-order valence-electron chi connectivity index (χ0n) is 24.6. The quantitative estimate of drug-likeness (QED) is 0.206. The number of ether oxygens (including phenoxy) is 2. The summed E-state index contributed by atoms with van der Waals surface area (Å²) in [7, 11) is 2.06. The van der Waals surface area contributed by atoms with Crippen LogP contribution in [0.1, 0.15) is 38.0 Å². The zero-order chi connectivity index (χ0) is 30.5. The molecule has 1 aliphatic heterocycles. The van der Waals surface area contributed by atoms with Crippen LogP contribution >= 0.6 is 22.9 Å². The molecule has 0 saturated heterocycles. The van der Waals surface area contributed by atoms with Crippen molar-refractivity contribution in [1.82, 2.24) is 9.97 Å². The van der Waals surface area contributed by atoms with Gasteiger partial charge in [0.05, 0.1) is 33.7 Å². The van der Waals surface area contributed by atoms with Gasteiger partial charge >= 0.3 is 5.97 Å². The topological polar surface area (TPSA) is 84.8 Å². The number of aliphatic carboxylic acids is 1. The summed E-state index contributed by atoms with van der Waals surface area (Å²) in [6.45, 7) is 8.99. The number of benzene rings is 3. The first-order chi connectivity index (χ1) is 20.5. The van der Waals surface area contributed by atoms with E-state index in [1.807, 2.05) is 76.2 Å². The first-order valence-corrected chi connectivity index (χ1v) is 15.2. The minimum Gasteiger partial charge on any atom is -0.490 e. The normalized spacial score (nSPS) is 14.0. The number of nitrogens with zero attached hydrogens (tertiary/aromatic N) is 3. The Hall–Kier alpha value is -3.98. The molecule has 2 aromatic heterocycles. The molecule has 1 N–H and O–H groups in total. The third-order valence-corrected chi connectivity index (χ3v) is 8.77. The van der Waals surface area contributed by atoms with Gasteiger partial charge in [-0.3, -0.25) is 4.98 Å². The van der Waals surface area contributed by atoms with Crippen LogP contribution in [0, 0.1) is 6.92 Å². The van der Waals surface area contributed by atoms with Crippen LogP contribution in [0.3, 0.4) is 0 Å². The van der Waals surface area contributed by atoms with Gasteiger partial charge in [-0.25, -0.2) is 9.78 Å². The number of aromatic nitrogens is 2. The van der Waals surface area contributed by atoms with E-state index in [-0.39, 0.29) is 0 Å². The second kappa shape index (κ2) is 11.3. The largest absolute Gasteiger partial charge is 0.490 e. The van der Waals surface area contributed by atoms with E-state index in [1.165, 1.54) is 11.3 Å². The SMILES string of the molecule is Cc1cc2nc(-c3ccnc(-c4ccc5c(c4)OCCN5C)c3)sc2c(-c2ccc(Cl)cc2)c1[C@H](OC(C)(C)C)C(=O)O. The summed E-state index contributed by atoms with van der Waals surface area (Å²) in [6.07, 6.45) is 0.621. The number of carbonyl (C=O) groups is 1. The lowest BCUT2D eigenvalue weighted by Crippen LogP contribution is -2.28. The number of likely N-dealkylation sites (N-methyl/N-ethyl adjacent to an activating group) is 1. The molecule has 3 heterocycles. The summed E-state index contributed by atoms with van der Waals surface area (Å²) in [5.74, 6) is -0.198. The lowest BCUT2D eigenvalue weighted by atomic mass is 9.91. The number of aryl methyl sites for hydroxylation is 1. The Morgan fingerprint density at radius 1 is 1.07 bits per heavy atom. The summed E-state index contributed by atoms with van der Waals surface area (Å²) in [6, 6.07) is 19.5. The van der Waals surface area contributed by atoms with Crippen LogP contribution in [-0.4, -0.2) is 46.8 Å². The molecule has 0 bridgehead atoms. The molecule has 5 aromatic rings. The third kappa shape index (κ3) is 5.83. The van der Waals surface area contributed by atoms with E-state index in [0.29, 0.717) is 17.2 Å². The van der Waals surface area contributed by atoms with Gasteiger partial charge in [0, 0.05) is 40.5 Å². The number of hydrogen-bond donors (Lipinski definition) is 1. The van der Waals surface area contributed by atoms with Gasteiger partial charge in [0.2, 0.25) is 0 Å². The van der Waals surface area contributed by atoms with Crippen molar-refractivity contribution in [2.45, 2.75) is 39.4 Å². The Morgan fingerprint density at radius 2 is 1.81 bits per heavy atom. The zero-order valence-corrected chi connectivity index (χ0v) is 26.2. The Balaban J connectivity index is 1.50. The summed E-state index contributed by atoms with van der Waals surface area (Å²) in [5, 5.41) is 11.7. The number of hydrogen-bond acceptors (Lipinski definition) is 7. The van der Waals surface area contributed by atoms with Gasteiger partial charge in [0.25, 0.3) is 0 Å². The molecule has 6 rings (SSSR count). The first-order valence-electron chi connectivity index (χ1n) is 14.0. The van der Waals surface area contributed by atoms with Crippen LogP contribution in [0.15, 0.2) is 66.9 Å². The minimum atomic E-state index is -1.17. The monoisotopic (exact) mass is 613 g/mol. The molecule has 0 fully saturated rings. The van der Waals surface area contributed by atoms with Crippen molar-refractivity contribution < 1.29 is 19.4 Å². The summed E-state index contributed by atoms with van der Waals surface area (Å²) in [5.41, 5.74) is 6.91. The minimum absolute atomic E-state index is 0.600. The lowest BCUT2D eigenvalue weighted by molar-refractivity contribution is -0.160. The second-order valence-electron chi connectivity index (χ2n) is 11.7. The highest BCUT2D eigenvalue weighted by atomic mass is 35.5. The van der Waals surface area contributed by atoms with Crippen molar-refractivity contribution in [1.29, 1.82) is 0 Å². The number of halogens is 1. The molecule has 0 spiro atoms. The van der Waals surface area contributed by atoms with Crippen molar-refractivity contribution in [3.05, 3.63) is 83.0 Å². The maximum atomic E-state index is 12.6. The van der Waals surface area contributed by atoms with Crippen molar-refractivity contribution in [2.75, 3.05) is 25.1 Å². The van der Waals surface area contributed by atoms with Crippen LogP contribution in [-0.2, 0) is 9.53 Å². The molecule has 3 aromatic carbocycles. The fraction of sp³-hybridized carbons (Fsp3) is 0.265. The number of anilines is 1. The number of thiazole rings is 1. The van der Waals surface area contributed by atoms with Crippen LogP contribution in [0.5, 0.6) is 5.75 Å². The van der Waals surface area contributed by atoms with Gasteiger partial charge in [-0.1, -0.05) is 29.8 Å². The Bertz CT molecular complexity index is 1850. The molecule has 43 heavy (non-hydrogen) atoms. The fourth-order valence-corrected chi connectivity index (χ4v) is 6.65. The number of carboxylic acids is 1. The maximum Gasteiger partial charge on any atom is 0.337 e. The molecular formula is C34H32ClN3O4S. The van der Waals surface area contributed by atoms with Crippen molar-refractivity contribution in [3.8, 4) is 38.7 Å². The Kier molecular flexibility index (Phi) is 7.62. The second-order valence-corrected chi connectivity index (χ2v) is 13.1. The highest BCUT2D eigenvalue weighted by Crippen LogP contribution is 2.45. The van der Waals surface area contributed by atoms with E-state index in [4.69, 9.17) is 26.1 Å². The molecule has 0 radical (unpaired) electrons. The molecule has 7 nitrogen and oxygen atoms in total. The van der Waals surface area contributed by atoms with Crippen LogP contribution in [0.25, 0.3) is 43.2 Å². The molecule has 0 aliphatic carbocycles. The van der Waals surface area contributed by atoms with Gasteiger partial charge in [0.1, 0.15) is 17.4 Å². The van der Waals surface area contributed by atoms with E-state index in [1.54, 1.807) is 6.20 Å². The summed E-state index contributed by atoms with van der Waals surface area (Å²) >= 11 is 7.76. The highest BCUT2D eigenvalue weighted by Gasteiger charge is 2.32. The first kappa shape index (κ1) is 29.1. The van der Waals surface area contributed by atoms with E-state index in [9.17, 15) is 9.90 Å². The molecule has 1 aliphatic rings. The number of pyridine rings is 1. The van der Waals surface area contributed by atoms with Crippen molar-refractivity contribution >= 4 is 44.8 Å². The highest BCUT2D eigenvalue weighted by molar-refractivity contribution is 7.22. The molecule has 1 atom stereocenters. The molecule has 9 heteroatoms. The van der Waals surface area contributed by atoms with Crippen LogP contribution in [0.4, 0.5) is 5.69 Å². The average Bonchev–Trinajstić information content (AvgIpc) is 3.39. The standard InChI is InChI=1S/C34H32ClN3O4S/c1-19-16-25-31(29(20-6-9-23(35)10-7-20)28(19)30(33(39)40)42-34(2,3)4)43-32(37-25)22-12-13-36-24(17-22)21-8-11-26-27(18-21)41-15-14-38(26)5/h6-13,16-18,30H,14-15H2,1-5H3,(H,39,40)/t30-/m0/s1. The van der Waals surface area contributed by atoms with Gasteiger partial charge in [-0.2, -0.15) is 0 Å². The molecule has 0 amide bonds. The van der Waals surface area contributed by atoms with Gasteiger partial charge in [0.15, 0.2) is 6.10 Å². The number of rotatable bonds is 6. The lowest BCUT2D eigenvalue weighted by Gasteiger charge is -2.28. The van der Waals surface area contributed by atoms with Gasteiger partial charge < -0.3 is 19.5 Å². The van der Waals surface area contributed by atoms with E-state index in [2.05, 4.69) is 29.1 Å². The Labute approximate surface area is 259 Å². The smallest absolute Gasteiger partial charge is 0.337 e. The molecule has 220 valence electrons. The van der Waals surface area contributed by atoms with Gasteiger partial charge in [-0.15, -0.1) is 11.3 Å². The predicted molar refractivity (Wildman–Crippen MR) is 173 cm³/mol. The van der Waals surface area contributed by atoms with E-state index >= 15 is 0 Å². The summed E-state index contributed by atoms with van der Waals surface area (Å²) in [4.78, 5) is 24.5. The van der Waals surface area contributed by atoms with Crippen LogP contribution in [0.2, 0.25) is 5.02 Å². The van der Waals surface area contributed by atoms with Gasteiger partial charge in [-0.05, 0) is 81.3 Å². The molecule has 0 saturated carbocycles. The van der Waals surface area contributed by atoms with E-state index in [0.717, 1.165) is 66.7 Å². The molecular weight excluding hydrogens is 582 g/mol. The van der Waals surface area contributed by atoms with Crippen LogP contribution < -0.4 is 9.64 Å². The third-order valence-electron chi connectivity index (χ3n) is 7.38. The average molecular weight is 614 g/mol. The number of carboxylic acid groups (broad SMARTS) is 1. The maximum absolute atomic E-state index is 12.6. The molecule has 0 unspecified atom stereocenters. The number of fused-ring (bicyclic) bond motifs is 2. The van der Waals surface area contributed by atoms with Crippen molar-refractivity contribution in [3.63, 3.8) is 0 Å². The van der Waals surface area contributed by atoms with Crippen molar-refractivity contribution in [2.24, 2.45) is 0 Å². The van der Waals surface area contributed by atoms with E-state index < -0.39 is 17.7 Å².